The first-order valence-corrected chi connectivity index (χ1v) is 4.63. The van der Waals surface area contributed by atoms with Gasteiger partial charge in [0.25, 0.3) is 0 Å². The molecule has 0 aromatic carbocycles. The van der Waals surface area contributed by atoms with E-state index in [2.05, 4.69) is 11.9 Å². The molecule has 0 bridgehead atoms. The van der Waals surface area contributed by atoms with Gasteiger partial charge in [0.1, 0.15) is 5.54 Å². The van der Waals surface area contributed by atoms with Gasteiger partial charge in [-0.25, -0.2) is 0 Å². The number of ether oxygens (including phenoxy) is 1. The standard InChI is InChI=1S/C10H19NO2/c1-5-8-11-10(4,6-2)9(12)13-7-3/h5,11H,1,6-8H2,2-4H3. The van der Waals surface area contributed by atoms with Crippen LogP contribution in [0.1, 0.15) is 27.2 Å². The van der Waals surface area contributed by atoms with E-state index in [9.17, 15) is 4.79 Å². The van der Waals surface area contributed by atoms with Crippen molar-refractivity contribution < 1.29 is 9.53 Å². The molecule has 0 aromatic rings. The van der Waals surface area contributed by atoms with Crippen LogP contribution in [0.25, 0.3) is 0 Å². The third kappa shape index (κ3) is 3.59. The highest BCUT2D eigenvalue weighted by atomic mass is 16.5. The summed E-state index contributed by atoms with van der Waals surface area (Å²) in [5.74, 6) is -0.195. The van der Waals surface area contributed by atoms with Crippen molar-refractivity contribution in [1.82, 2.24) is 5.32 Å². The van der Waals surface area contributed by atoms with Crippen molar-refractivity contribution in [3.63, 3.8) is 0 Å². The molecule has 0 saturated carbocycles. The summed E-state index contributed by atoms with van der Waals surface area (Å²) in [5, 5.41) is 3.09. The molecular weight excluding hydrogens is 166 g/mol. The predicted molar refractivity (Wildman–Crippen MR) is 53.5 cm³/mol. The summed E-state index contributed by atoms with van der Waals surface area (Å²) in [6, 6.07) is 0. The van der Waals surface area contributed by atoms with Gasteiger partial charge in [0.15, 0.2) is 0 Å². The highest BCUT2D eigenvalue weighted by Gasteiger charge is 2.31. The maximum atomic E-state index is 11.5. The number of esters is 1. The van der Waals surface area contributed by atoms with Gasteiger partial charge >= 0.3 is 5.97 Å². The molecule has 0 aliphatic rings. The van der Waals surface area contributed by atoms with E-state index in [-0.39, 0.29) is 5.97 Å². The highest BCUT2D eigenvalue weighted by molar-refractivity contribution is 5.80. The van der Waals surface area contributed by atoms with Crippen LogP contribution < -0.4 is 5.32 Å². The average Bonchev–Trinajstić information content (AvgIpc) is 2.14. The van der Waals surface area contributed by atoms with E-state index in [1.54, 1.807) is 6.08 Å². The smallest absolute Gasteiger partial charge is 0.326 e. The summed E-state index contributed by atoms with van der Waals surface area (Å²) in [6.07, 6.45) is 2.44. The van der Waals surface area contributed by atoms with Crippen molar-refractivity contribution in [1.29, 1.82) is 0 Å². The van der Waals surface area contributed by atoms with Gasteiger partial charge in [0.2, 0.25) is 0 Å². The first kappa shape index (κ1) is 12.2. The van der Waals surface area contributed by atoms with Gasteiger partial charge < -0.3 is 4.74 Å². The van der Waals surface area contributed by atoms with Gasteiger partial charge in [-0.1, -0.05) is 13.0 Å². The number of carbonyl (C=O) groups excluding carboxylic acids is 1. The normalized spacial score (nSPS) is 14.7. The molecule has 3 heteroatoms. The van der Waals surface area contributed by atoms with E-state index in [1.165, 1.54) is 0 Å². The van der Waals surface area contributed by atoms with Crippen LogP contribution in [0.4, 0.5) is 0 Å². The molecule has 1 N–H and O–H groups in total. The van der Waals surface area contributed by atoms with E-state index < -0.39 is 5.54 Å². The van der Waals surface area contributed by atoms with Gasteiger partial charge in [-0.3, -0.25) is 10.1 Å². The largest absolute Gasteiger partial charge is 0.465 e. The first-order chi connectivity index (χ1) is 6.10. The topological polar surface area (TPSA) is 38.3 Å². The Morgan fingerprint density at radius 3 is 2.62 bits per heavy atom. The molecule has 13 heavy (non-hydrogen) atoms. The quantitative estimate of drug-likeness (QED) is 0.503. The lowest BCUT2D eigenvalue weighted by atomic mass is 9.99. The van der Waals surface area contributed by atoms with Crippen LogP contribution in [0, 0.1) is 0 Å². The Morgan fingerprint density at radius 2 is 2.23 bits per heavy atom. The average molecular weight is 185 g/mol. The molecule has 0 rings (SSSR count). The van der Waals surface area contributed by atoms with Crippen molar-refractivity contribution in [3.8, 4) is 0 Å². The lowest BCUT2D eigenvalue weighted by Gasteiger charge is -2.26. The minimum absolute atomic E-state index is 0.195. The summed E-state index contributed by atoms with van der Waals surface area (Å²) in [4.78, 5) is 11.5. The predicted octanol–water partition coefficient (Wildman–Crippen LogP) is 1.49. The monoisotopic (exact) mass is 185 g/mol. The number of hydrogen-bond donors (Lipinski definition) is 1. The van der Waals surface area contributed by atoms with Crippen molar-refractivity contribution in [2.24, 2.45) is 0 Å². The van der Waals surface area contributed by atoms with E-state index >= 15 is 0 Å². The van der Waals surface area contributed by atoms with Crippen molar-refractivity contribution in [2.45, 2.75) is 32.7 Å². The zero-order valence-corrected chi connectivity index (χ0v) is 8.72. The Hall–Kier alpha value is -0.830. The maximum absolute atomic E-state index is 11.5. The summed E-state index contributed by atoms with van der Waals surface area (Å²) < 4.78 is 4.96. The Bertz CT molecular complexity index is 180. The third-order valence-electron chi connectivity index (χ3n) is 2.07. The van der Waals surface area contributed by atoms with Crippen LogP contribution in [0.3, 0.4) is 0 Å². The fourth-order valence-corrected chi connectivity index (χ4v) is 0.929. The summed E-state index contributed by atoms with van der Waals surface area (Å²) in [6.45, 7) is 10.2. The molecule has 0 spiro atoms. The van der Waals surface area contributed by atoms with Crippen molar-refractivity contribution >= 4 is 5.97 Å². The lowest BCUT2D eigenvalue weighted by Crippen LogP contribution is -2.50. The SMILES string of the molecule is C=CCNC(C)(CC)C(=O)OCC. The second kappa shape index (κ2) is 5.75. The van der Waals surface area contributed by atoms with Gasteiger partial charge in [0, 0.05) is 6.54 Å². The second-order valence-electron chi connectivity index (χ2n) is 3.08. The molecule has 76 valence electrons. The van der Waals surface area contributed by atoms with Crippen LogP contribution >= 0.6 is 0 Å². The fraction of sp³-hybridized carbons (Fsp3) is 0.700. The molecule has 0 radical (unpaired) electrons. The Kier molecular flexibility index (Phi) is 5.39. The van der Waals surface area contributed by atoms with Gasteiger partial charge in [-0.05, 0) is 20.3 Å². The zero-order valence-electron chi connectivity index (χ0n) is 8.72. The molecule has 0 saturated heterocycles. The van der Waals surface area contributed by atoms with Crippen LogP contribution in [0.15, 0.2) is 12.7 Å². The molecule has 0 amide bonds. The van der Waals surface area contributed by atoms with Gasteiger partial charge in [0.05, 0.1) is 6.61 Å². The molecule has 1 unspecified atom stereocenters. The Labute approximate surface area is 80.2 Å². The van der Waals surface area contributed by atoms with Crippen LogP contribution in [-0.4, -0.2) is 24.7 Å². The maximum Gasteiger partial charge on any atom is 0.326 e. The first-order valence-electron chi connectivity index (χ1n) is 4.63. The number of carbonyl (C=O) groups is 1. The minimum atomic E-state index is -0.579. The summed E-state index contributed by atoms with van der Waals surface area (Å²) >= 11 is 0. The molecule has 0 aliphatic carbocycles. The molecular formula is C10H19NO2. The van der Waals surface area contributed by atoms with Crippen molar-refractivity contribution in [3.05, 3.63) is 12.7 Å². The van der Waals surface area contributed by atoms with Crippen LogP contribution in [-0.2, 0) is 9.53 Å². The molecule has 3 nitrogen and oxygen atoms in total. The Balaban J connectivity index is 4.23. The molecule has 0 aromatic heterocycles. The highest BCUT2D eigenvalue weighted by Crippen LogP contribution is 2.11. The number of rotatable bonds is 6. The molecule has 0 heterocycles. The fourth-order valence-electron chi connectivity index (χ4n) is 0.929. The summed E-state index contributed by atoms with van der Waals surface area (Å²) in [5.41, 5.74) is -0.579. The molecule has 1 atom stereocenters. The molecule has 0 aliphatic heterocycles. The number of nitrogens with one attached hydrogen (secondary N) is 1. The van der Waals surface area contributed by atoms with Crippen LogP contribution in [0.5, 0.6) is 0 Å². The summed E-state index contributed by atoms with van der Waals surface area (Å²) in [7, 11) is 0. The third-order valence-corrected chi connectivity index (χ3v) is 2.07. The van der Waals surface area contributed by atoms with Gasteiger partial charge in [-0.2, -0.15) is 0 Å². The van der Waals surface area contributed by atoms with E-state index in [0.29, 0.717) is 19.6 Å². The van der Waals surface area contributed by atoms with E-state index in [4.69, 9.17) is 4.74 Å². The van der Waals surface area contributed by atoms with Crippen LogP contribution in [0.2, 0.25) is 0 Å². The second-order valence-corrected chi connectivity index (χ2v) is 3.08. The van der Waals surface area contributed by atoms with E-state index in [0.717, 1.165) is 0 Å². The lowest BCUT2D eigenvalue weighted by molar-refractivity contribution is -0.150. The zero-order chi connectivity index (χ0) is 10.3. The van der Waals surface area contributed by atoms with Crippen molar-refractivity contribution in [2.75, 3.05) is 13.2 Å². The Morgan fingerprint density at radius 1 is 1.62 bits per heavy atom. The van der Waals surface area contributed by atoms with E-state index in [1.807, 2.05) is 20.8 Å². The van der Waals surface area contributed by atoms with Gasteiger partial charge in [-0.15, -0.1) is 6.58 Å². The molecule has 0 fully saturated rings. The minimum Gasteiger partial charge on any atom is -0.465 e. The number of hydrogen-bond acceptors (Lipinski definition) is 3.